The van der Waals surface area contributed by atoms with E-state index in [4.69, 9.17) is 0 Å². The third kappa shape index (κ3) is 3.23. The van der Waals surface area contributed by atoms with E-state index in [-0.39, 0.29) is 12.5 Å². The lowest BCUT2D eigenvalue weighted by atomic mass is 10.0. The lowest BCUT2D eigenvalue weighted by Gasteiger charge is -2.34. The van der Waals surface area contributed by atoms with Crippen molar-refractivity contribution in [3.63, 3.8) is 0 Å². The number of nitrogens with one attached hydrogen (secondary N) is 1. The van der Waals surface area contributed by atoms with Gasteiger partial charge in [0.2, 0.25) is 0 Å². The zero-order valence-corrected chi connectivity index (χ0v) is 11.5. The second-order valence-corrected chi connectivity index (χ2v) is 4.94. The summed E-state index contributed by atoms with van der Waals surface area (Å²) in [6.07, 6.45) is 0. The van der Waals surface area contributed by atoms with Crippen molar-refractivity contribution in [2.75, 3.05) is 25.5 Å². The van der Waals surface area contributed by atoms with Gasteiger partial charge < -0.3 is 15.3 Å². The van der Waals surface area contributed by atoms with Crippen LogP contribution in [-0.2, 0) is 0 Å². The van der Waals surface area contributed by atoms with Crippen molar-refractivity contribution in [3.8, 4) is 0 Å². The smallest absolute Gasteiger partial charge is 0.254 e. The van der Waals surface area contributed by atoms with Gasteiger partial charge in [-0.05, 0) is 45.0 Å². The normalized spacial score (nSPS) is 11.2. The molecule has 0 atom stereocenters. The van der Waals surface area contributed by atoms with Gasteiger partial charge in [-0.3, -0.25) is 4.79 Å². The van der Waals surface area contributed by atoms with Crippen LogP contribution in [0, 0.1) is 0 Å². The summed E-state index contributed by atoms with van der Waals surface area (Å²) in [5, 5.41) is 12.4. The Morgan fingerprint density at radius 3 is 2.33 bits per heavy atom. The molecule has 0 spiro atoms. The van der Waals surface area contributed by atoms with Crippen LogP contribution in [0.5, 0.6) is 0 Å². The highest BCUT2D eigenvalue weighted by molar-refractivity contribution is 5.94. The minimum atomic E-state index is -0.558. The molecule has 0 unspecified atom stereocenters. The van der Waals surface area contributed by atoms with Crippen LogP contribution in [0.3, 0.4) is 0 Å². The number of aliphatic hydroxyl groups excluding tert-OH is 1. The lowest BCUT2D eigenvalue weighted by Crippen LogP contribution is -2.47. The van der Waals surface area contributed by atoms with Crippen LogP contribution >= 0.6 is 0 Å². The summed E-state index contributed by atoms with van der Waals surface area (Å²) in [6.45, 7) is 6.47. The maximum Gasteiger partial charge on any atom is 0.254 e. The lowest BCUT2D eigenvalue weighted by molar-refractivity contribution is 0.0473. The number of carbonyl (C=O) groups excluding carboxylic acids is 1. The molecule has 0 heterocycles. The fourth-order valence-corrected chi connectivity index (χ4v) is 1.51. The first-order valence-electron chi connectivity index (χ1n) is 6.15. The van der Waals surface area contributed by atoms with Crippen molar-refractivity contribution < 1.29 is 9.90 Å². The third-order valence-corrected chi connectivity index (χ3v) is 3.11. The molecule has 1 aromatic carbocycles. The summed E-state index contributed by atoms with van der Waals surface area (Å²) in [6, 6.07) is 7.36. The molecule has 0 aliphatic carbocycles. The molecule has 4 heteroatoms. The van der Waals surface area contributed by atoms with Crippen molar-refractivity contribution >= 4 is 11.6 Å². The zero-order valence-electron chi connectivity index (χ0n) is 11.5. The minimum Gasteiger partial charge on any atom is -0.394 e. The molecule has 0 aliphatic rings. The number of benzene rings is 1. The Labute approximate surface area is 109 Å². The van der Waals surface area contributed by atoms with Crippen LogP contribution in [0.4, 0.5) is 5.69 Å². The molecule has 0 saturated heterocycles. The second-order valence-electron chi connectivity index (χ2n) is 4.94. The number of carbonyl (C=O) groups is 1. The molecule has 2 N–H and O–H groups in total. The Kier molecular flexibility index (Phi) is 4.73. The first-order chi connectivity index (χ1) is 8.42. The molecule has 0 fully saturated rings. The van der Waals surface area contributed by atoms with Crippen LogP contribution in [0.15, 0.2) is 24.3 Å². The predicted octanol–water partition coefficient (Wildman–Crippen LogP) is 1.96. The van der Waals surface area contributed by atoms with Gasteiger partial charge in [-0.1, -0.05) is 0 Å². The van der Waals surface area contributed by atoms with Gasteiger partial charge in [-0.2, -0.15) is 0 Å². The number of anilines is 1. The SMILES string of the molecule is CCNc1ccc(C(=O)N(C)C(C)(C)CO)cc1. The molecular weight excluding hydrogens is 228 g/mol. The zero-order chi connectivity index (χ0) is 13.8. The van der Waals surface area contributed by atoms with Gasteiger partial charge in [-0.25, -0.2) is 0 Å². The van der Waals surface area contributed by atoms with E-state index in [1.165, 1.54) is 0 Å². The topological polar surface area (TPSA) is 52.6 Å². The quantitative estimate of drug-likeness (QED) is 0.840. The maximum absolute atomic E-state index is 12.2. The summed E-state index contributed by atoms with van der Waals surface area (Å²) in [5.41, 5.74) is 1.07. The summed E-state index contributed by atoms with van der Waals surface area (Å²) < 4.78 is 0. The van der Waals surface area contributed by atoms with Crippen molar-refractivity contribution in [2.45, 2.75) is 26.3 Å². The molecule has 4 nitrogen and oxygen atoms in total. The highest BCUT2D eigenvalue weighted by atomic mass is 16.3. The van der Waals surface area contributed by atoms with E-state index in [1.807, 2.05) is 32.9 Å². The third-order valence-electron chi connectivity index (χ3n) is 3.11. The minimum absolute atomic E-state index is 0.0648. The molecular formula is C14H22N2O2. The molecule has 18 heavy (non-hydrogen) atoms. The molecule has 0 bridgehead atoms. The van der Waals surface area contributed by atoms with E-state index >= 15 is 0 Å². The molecule has 1 amide bonds. The number of aliphatic hydroxyl groups is 1. The van der Waals surface area contributed by atoms with Crippen LogP contribution in [0.2, 0.25) is 0 Å². The van der Waals surface area contributed by atoms with Gasteiger partial charge in [0, 0.05) is 24.8 Å². The predicted molar refractivity (Wildman–Crippen MR) is 73.9 cm³/mol. The van der Waals surface area contributed by atoms with E-state index in [2.05, 4.69) is 5.32 Å². The Hall–Kier alpha value is -1.55. The Balaban J connectivity index is 2.84. The number of nitrogens with zero attached hydrogens (tertiary/aromatic N) is 1. The average Bonchev–Trinajstić information content (AvgIpc) is 2.38. The average molecular weight is 250 g/mol. The number of likely N-dealkylation sites (N-methyl/N-ethyl adjacent to an activating group) is 1. The number of hydrogen-bond acceptors (Lipinski definition) is 3. The van der Waals surface area contributed by atoms with Gasteiger partial charge in [-0.15, -0.1) is 0 Å². The molecule has 1 aromatic rings. The summed E-state index contributed by atoms with van der Waals surface area (Å²) in [7, 11) is 1.71. The van der Waals surface area contributed by atoms with Gasteiger partial charge in [0.25, 0.3) is 5.91 Å². The first kappa shape index (κ1) is 14.5. The first-order valence-corrected chi connectivity index (χ1v) is 6.15. The van der Waals surface area contributed by atoms with Crippen molar-refractivity contribution in [2.24, 2.45) is 0 Å². The summed E-state index contributed by atoms with van der Waals surface area (Å²) >= 11 is 0. The number of hydrogen-bond donors (Lipinski definition) is 2. The van der Waals surface area contributed by atoms with Gasteiger partial charge >= 0.3 is 0 Å². The Bertz CT molecular complexity index is 399. The molecule has 1 rings (SSSR count). The molecule has 0 aromatic heterocycles. The Morgan fingerprint density at radius 2 is 1.89 bits per heavy atom. The van der Waals surface area contributed by atoms with E-state index in [0.717, 1.165) is 12.2 Å². The van der Waals surface area contributed by atoms with E-state index in [9.17, 15) is 9.90 Å². The molecule has 0 saturated carbocycles. The van der Waals surface area contributed by atoms with Crippen LogP contribution in [0.1, 0.15) is 31.1 Å². The van der Waals surface area contributed by atoms with Crippen molar-refractivity contribution in [3.05, 3.63) is 29.8 Å². The standard InChI is InChI=1S/C14H22N2O2/c1-5-15-12-8-6-11(7-9-12)13(18)16(4)14(2,3)10-17/h6-9,15,17H,5,10H2,1-4H3. The van der Waals surface area contributed by atoms with Gasteiger partial charge in [0.1, 0.15) is 0 Å². The second kappa shape index (κ2) is 5.87. The fraction of sp³-hybridized carbons (Fsp3) is 0.500. The van der Waals surface area contributed by atoms with Crippen molar-refractivity contribution in [1.82, 2.24) is 4.90 Å². The monoisotopic (exact) mass is 250 g/mol. The van der Waals surface area contributed by atoms with Gasteiger partial charge in [0.05, 0.1) is 12.1 Å². The van der Waals surface area contributed by atoms with Crippen molar-refractivity contribution in [1.29, 1.82) is 0 Å². The van der Waals surface area contributed by atoms with E-state index in [0.29, 0.717) is 5.56 Å². The summed E-state index contributed by atoms with van der Waals surface area (Å²) in [5.74, 6) is -0.0860. The van der Waals surface area contributed by atoms with E-state index < -0.39 is 5.54 Å². The highest BCUT2D eigenvalue weighted by Gasteiger charge is 2.27. The maximum atomic E-state index is 12.2. The molecule has 100 valence electrons. The number of amides is 1. The van der Waals surface area contributed by atoms with Gasteiger partial charge in [0.15, 0.2) is 0 Å². The fourth-order valence-electron chi connectivity index (χ4n) is 1.51. The number of rotatable bonds is 5. The molecule has 0 aliphatic heterocycles. The largest absolute Gasteiger partial charge is 0.394 e. The molecule has 0 radical (unpaired) electrons. The van der Waals surface area contributed by atoms with Crippen LogP contribution in [0.25, 0.3) is 0 Å². The Morgan fingerprint density at radius 1 is 1.33 bits per heavy atom. The van der Waals surface area contributed by atoms with Crippen LogP contribution in [-0.4, -0.2) is 41.7 Å². The summed E-state index contributed by atoms with van der Waals surface area (Å²) in [4.78, 5) is 13.8. The van der Waals surface area contributed by atoms with Crippen LogP contribution < -0.4 is 5.32 Å². The van der Waals surface area contributed by atoms with E-state index in [1.54, 1.807) is 24.1 Å². The highest BCUT2D eigenvalue weighted by Crippen LogP contribution is 2.17.